The van der Waals surface area contributed by atoms with E-state index in [1.807, 2.05) is 11.6 Å². The molecule has 0 aliphatic rings. The Morgan fingerprint density at radius 1 is 0.436 bits per heavy atom. The molecule has 186 valence electrons. The van der Waals surface area contributed by atoms with Crippen molar-refractivity contribution in [1.29, 1.82) is 0 Å². The van der Waals surface area contributed by atoms with Crippen LogP contribution in [0, 0.1) is 13.8 Å². The van der Waals surface area contributed by atoms with Crippen LogP contribution in [0.25, 0.3) is 60.7 Å². The van der Waals surface area contributed by atoms with E-state index in [0.29, 0.717) is 0 Å². The van der Waals surface area contributed by atoms with Gasteiger partial charge in [0, 0.05) is 38.6 Å². The minimum Gasteiger partial charge on any atom is -0.309 e. The number of hydrogen-bond donors (Lipinski definition) is 0. The van der Waals surface area contributed by atoms with Gasteiger partial charge in [0.1, 0.15) is 0 Å². The molecule has 4 heteroatoms. The van der Waals surface area contributed by atoms with Gasteiger partial charge in [0.2, 0.25) is 0 Å². The molecule has 0 amide bonds. The van der Waals surface area contributed by atoms with Crippen molar-refractivity contribution < 1.29 is 0 Å². The molecule has 5 aromatic carbocycles. The fourth-order valence-corrected chi connectivity index (χ4v) is 6.21. The first-order valence-corrected chi connectivity index (χ1v) is 13.3. The van der Waals surface area contributed by atoms with Crippen molar-refractivity contribution in [1.82, 2.24) is 18.9 Å². The molecule has 0 bridgehead atoms. The molecule has 0 saturated heterocycles. The molecule has 0 aliphatic carbocycles. The first-order chi connectivity index (χ1) is 19.2. The number of rotatable bonds is 3. The Bertz CT molecular complexity index is 2190. The zero-order valence-electron chi connectivity index (χ0n) is 21.8. The third-order valence-electron chi connectivity index (χ3n) is 7.84. The summed E-state index contributed by atoms with van der Waals surface area (Å²) in [6, 6.07) is 43.7. The molecular formula is C35H26N4. The van der Waals surface area contributed by atoms with Crippen molar-refractivity contribution in [3.8, 4) is 17.1 Å². The lowest BCUT2D eigenvalue weighted by atomic mass is 10.1. The highest BCUT2D eigenvalue weighted by Gasteiger charge is 2.17. The van der Waals surface area contributed by atoms with Crippen LogP contribution in [0.5, 0.6) is 0 Å². The molecule has 0 atom stereocenters. The average Bonchev–Trinajstić information content (AvgIpc) is 3.61. The zero-order valence-corrected chi connectivity index (χ0v) is 21.8. The zero-order chi connectivity index (χ0) is 26.1. The van der Waals surface area contributed by atoms with Gasteiger partial charge in [0.15, 0.2) is 0 Å². The second-order valence-corrected chi connectivity index (χ2v) is 10.3. The van der Waals surface area contributed by atoms with Crippen LogP contribution in [0.4, 0.5) is 0 Å². The molecule has 0 unspecified atom stereocenters. The number of hydrogen-bond acceptors (Lipinski definition) is 1. The van der Waals surface area contributed by atoms with Gasteiger partial charge in [-0.1, -0.05) is 66.7 Å². The molecule has 3 heterocycles. The molecule has 0 radical (unpaired) electrons. The second-order valence-electron chi connectivity index (χ2n) is 10.3. The summed E-state index contributed by atoms with van der Waals surface area (Å²) in [5.41, 5.74) is 10.3. The van der Waals surface area contributed by atoms with E-state index in [1.165, 1.54) is 43.6 Å². The van der Waals surface area contributed by atoms with Crippen LogP contribution in [-0.4, -0.2) is 18.9 Å². The number of fused-ring (bicyclic) bond motifs is 6. The van der Waals surface area contributed by atoms with E-state index in [2.05, 4.69) is 137 Å². The highest BCUT2D eigenvalue weighted by Crippen LogP contribution is 2.37. The minimum absolute atomic E-state index is 1.02. The molecule has 8 aromatic rings. The number of nitrogens with zero attached hydrogens (tertiary/aromatic N) is 4. The molecule has 8 rings (SSSR count). The molecule has 39 heavy (non-hydrogen) atoms. The number of para-hydroxylation sites is 3. The van der Waals surface area contributed by atoms with Crippen molar-refractivity contribution in [3.05, 3.63) is 133 Å². The standard InChI is InChI=1S/C35H26N4/c1-23-20-24(2)39(36-23)27-17-19-31-29-13-7-9-15-33(29)38(35(31)22-27)26-16-18-30-28-12-6-8-14-32(28)37(34(30)21-26)25-10-4-3-5-11-25/h3-22H,1-2H3. The molecule has 3 aromatic heterocycles. The van der Waals surface area contributed by atoms with Crippen LogP contribution in [0.15, 0.2) is 121 Å². The molecule has 0 fully saturated rings. The Labute approximate surface area is 226 Å². The predicted octanol–water partition coefficient (Wildman–Crippen LogP) is 8.68. The van der Waals surface area contributed by atoms with Gasteiger partial charge in [-0.25, -0.2) is 4.68 Å². The third-order valence-corrected chi connectivity index (χ3v) is 7.84. The molecule has 0 saturated carbocycles. The summed E-state index contributed by atoms with van der Waals surface area (Å²) < 4.78 is 6.81. The summed E-state index contributed by atoms with van der Waals surface area (Å²) in [6.45, 7) is 4.15. The highest BCUT2D eigenvalue weighted by atomic mass is 15.3. The van der Waals surface area contributed by atoms with Crippen LogP contribution < -0.4 is 0 Å². The Hall–Kier alpha value is -5.09. The van der Waals surface area contributed by atoms with Crippen LogP contribution in [0.3, 0.4) is 0 Å². The van der Waals surface area contributed by atoms with Gasteiger partial charge in [-0.2, -0.15) is 5.10 Å². The van der Waals surface area contributed by atoms with Gasteiger partial charge in [0.25, 0.3) is 0 Å². The largest absolute Gasteiger partial charge is 0.309 e. The fourth-order valence-electron chi connectivity index (χ4n) is 6.21. The maximum atomic E-state index is 4.76. The number of aryl methyl sites for hydroxylation is 2. The monoisotopic (exact) mass is 502 g/mol. The Morgan fingerprint density at radius 3 is 1.56 bits per heavy atom. The smallest absolute Gasteiger partial charge is 0.0670 e. The van der Waals surface area contributed by atoms with Crippen molar-refractivity contribution >= 4 is 43.6 Å². The van der Waals surface area contributed by atoms with Crippen molar-refractivity contribution in [3.63, 3.8) is 0 Å². The first-order valence-electron chi connectivity index (χ1n) is 13.3. The normalized spacial score (nSPS) is 11.8. The molecule has 0 aliphatic heterocycles. The summed E-state index contributed by atoms with van der Waals surface area (Å²) in [5, 5.41) is 9.75. The summed E-state index contributed by atoms with van der Waals surface area (Å²) in [4.78, 5) is 0. The van der Waals surface area contributed by atoms with Crippen LogP contribution in [-0.2, 0) is 0 Å². The Morgan fingerprint density at radius 2 is 0.949 bits per heavy atom. The Balaban J connectivity index is 1.46. The van der Waals surface area contributed by atoms with Crippen LogP contribution >= 0.6 is 0 Å². The van der Waals surface area contributed by atoms with E-state index in [4.69, 9.17) is 5.10 Å². The second kappa shape index (κ2) is 8.20. The lowest BCUT2D eigenvalue weighted by Crippen LogP contribution is -2.00. The van der Waals surface area contributed by atoms with Gasteiger partial charge in [-0.3, -0.25) is 0 Å². The van der Waals surface area contributed by atoms with E-state index >= 15 is 0 Å². The third kappa shape index (κ3) is 3.21. The van der Waals surface area contributed by atoms with Gasteiger partial charge in [0.05, 0.1) is 33.4 Å². The molecule has 4 nitrogen and oxygen atoms in total. The first kappa shape index (κ1) is 21.9. The summed E-state index contributed by atoms with van der Waals surface area (Å²) >= 11 is 0. The van der Waals surface area contributed by atoms with E-state index in [9.17, 15) is 0 Å². The SMILES string of the molecule is Cc1cc(C)n(-c2ccc3c4ccccc4n(-c4ccc5c6ccccc6n(-c6ccccc6)c5c4)c3c2)n1. The van der Waals surface area contributed by atoms with E-state index < -0.39 is 0 Å². The molecule has 0 spiro atoms. The van der Waals surface area contributed by atoms with Crippen LogP contribution in [0.1, 0.15) is 11.4 Å². The number of benzene rings is 5. The predicted molar refractivity (Wildman–Crippen MR) is 162 cm³/mol. The topological polar surface area (TPSA) is 27.7 Å². The molecule has 0 N–H and O–H groups in total. The van der Waals surface area contributed by atoms with Crippen molar-refractivity contribution in [2.24, 2.45) is 0 Å². The van der Waals surface area contributed by atoms with Gasteiger partial charge in [-0.15, -0.1) is 0 Å². The van der Waals surface area contributed by atoms with Crippen molar-refractivity contribution in [2.75, 3.05) is 0 Å². The fraction of sp³-hybridized carbons (Fsp3) is 0.0571. The maximum absolute atomic E-state index is 4.76. The van der Waals surface area contributed by atoms with Crippen LogP contribution in [0.2, 0.25) is 0 Å². The van der Waals surface area contributed by atoms with Gasteiger partial charge in [-0.05, 0) is 68.4 Å². The minimum atomic E-state index is 1.02. The lowest BCUT2D eigenvalue weighted by Gasteiger charge is -2.12. The Kier molecular flexibility index (Phi) is 4.62. The summed E-state index contributed by atoms with van der Waals surface area (Å²) in [7, 11) is 0. The summed E-state index contributed by atoms with van der Waals surface area (Å²) in [6.07, 6.45) is 0. The van der Waals surface area contributed by atoms with E-state index in [0.717, 1.165) is 28.5 Å². The number of aromatic nitrogens is 4. The highest BCUT2D eigenvalue weighted by molar-refractivity contribution is 6.12. The van der Waals surface area contributed by atoms with Gasteiger partial charge < -0.3 is 9.13 Å². The quantitative estimate of drug-likeness (QED) is 0.237. The molecular weight excluding hydrogens is 476 g/mol. The van der Waals surface area contributed by atoms with E-state index in [1.54, 1.807) is 0 Å². The lowest BCUT2D eigenvalue weighted by molar-refractivity contribution is 0.834. The van der Waals surface area contributed by atoms with Gasteiger partial charge >= 0.3 is 0 Å². The van der Waals surface area contributed by atoms with Crippen molar-refractivity contribution in [2.45, 2.75) is 13.8 Å². The summed E-state index contributed by atoms with van der Waals surface area (Å²) in [5.74, 6) is 0. The average molecular weight is 503 g/mol. The maximum Gasteiger partial charge on any atom is 0.0670 e. The van der Waals surface area contributed by atoms with E-state index in [-0.39, 0.29) is 0 Å².